The van der Waals surface area contributed by atoms with E-state index in [0.29, 0.717) is 26.1 Å². The van der Waals surface area contributed by atoms with Gasteiger partial charge in [0, 0.05) is 44.4 Å². The van der Waals surface area contributed by atoms with E-state index in [4.69, 9.17) is 0 Å². The maximum absolute atomic E-state index is 13.1. The molecule has 2 amide bonds. The molecule has 0 bridgehead atoms. The van der Waals surface area contributed by atoms with Crippen molar-refractivity contribution in [2.24, 2.45) is 5.92 Å². The summed E-state index contributed by atoms with van der Waals surface area (Å²) >= 11 is 0. The van der Waals surface area contributed by atoms with Crippen LogP contribution in [-0.2, 0) is 16.0 Å². The van der Waals surface area contributed by atoms with E-state index in [0.717, 1.165) is 36.0 Å². The highest BCUT2D eigenvalue weighted by molar-refractivity contribution is 5.90. The number of aromatic nitrogens is 1. The van der Waals surface area contributed by atoms with Gasteiger partial charge in [-0.25, -0.2) is 0 Å². The molecule has 0 spiro atoms. The minimum atomic E-state index is -0.427. The van der Waals surface area contributed by atoms with Crippen molar-refractivity contribution in [2.75, 3.05) is 19.6 Å². The first kappa shape index (κ1) is 19.4. The van der Waals surface area contributed by atoms with E-state index in [2.05, 4.69) is 35.8 Å². The van der Waals surface area contributed by atoms with E-state index in [-0.39, 0.29) is 17.7 Å². The number of carbonyl (C=O) groups excluding carboxylic acids is 2. The third-order valence-electron chi connectivity index (χ3n) is 6.07. The fourth-order valence-corrected chi connectivity index (χ4v) is 4.13. The van der Waals surface area contributed by atoms with Crippen molar-refractivity contribution in [1.82, 2.24) is 14.8 Å². The molecular weight excluding hydrogens is 362 g/mol. The van der Waals surface area contributed by atoms with Gasteiger partial charge in [-0.2, -0.15) is 0 Å². The summed E-state index contributed by atoms with van der Waals surface area (Å²) in [5.74, 6) is 0.286. The number of carbonyl (C=O) groups is 2. The zero-order chi connectivity index (χ0) is 20.2. The van der Waals surface area contributed by atoms with E-state index in [1.807, 2.05) is 21.9 Å². The number of amides is 2. The van der Waals surface area contributed by atoms with Crippen LogP contribution in [0.1, 0.15) is 24.8 Å². The van der Waals surface area contributed by atoms with Crippen molar-refractivity contribution in [3.8, 4) is 11.1 Å². The molecule has 1 aliphatic carbocycles. The Morgan fingerprint density at radius 3 is 2.38 bits per heavy atom. The van der Waals surface area contributed by atoms with Gasteiger partial charge >= 0.3 is 0 Å². The number of rotatable bonds is 6. The number of benzene rings is 1. The lowest BCUT2D eigenvalue weighted by Gasteiger charge is -2.43. The lowest BCUT2D eigenvalue weighted by molar-refractivity contribution is -0.154. The van der Waals surface area contributed by atoms with Crippen LogP contribution in [0, 0.1) is 5.92 Å². The molecule has 4 rings (SSSR count). The number of nitrogens with zero attached hydrogens (tertiary/aromatic N) is 3. The predicted molar refractivity (Wildman–Crippen MR) is 113 cm³/mol. The van der Waals surface area contributed by atoms with Crippen LogP contribution < -0.4 is 0 Å². The van der Waals surface area contributed by atoms with Gasteiger partial charge in [-0.1, -0.05) is 36.8 Å². The monoisotopic (exact) mass is 389 g/mol. The number of piperazine rings is 1. The Hall–Kier alpha value is -2.95. The summed E-state index contributed by atoms with van der Waals surface area (Å²) in [6, 6.07) is 11.8. The van der Waals surface area contributed by atoms with Crippen molar-refractivity contribution in [1.29, 1.82) is 0 Å². The molecule has 29 heavy (non-hydrogen) atoms. The highest BCUT2D eigenvalue weighted by Gasteiger charge is 2.40. The molecule has 1 aromatic heterocycles. The molecule has 2 heterocycles. The maximum atomic E-state index is 13.1. The zero-order valence-corrected chi connectivity index (χ0v) is 16.7. The average Bonchev–Trinajstić information content (AvgIpc) is 2.71. The highest BCUT2D eigenvalue weighted by Crippen LogP contribution is 2.30. The Bertz CT molecular complexity index is 875. The second-order valence-corrected chi connectivity index (χ2v) is 7.89. The molecular formula is C24H27N3O2. The Kier molecular flexibility index (Phi) is 5.74. The van der Waals surface area contributed by atoms with Gasteiger partial charge in [-0.3, -0.25) is 14.6 Å². The third-order valence-corrected chi connectivity index (χ3v) is 6.07. The van der Waals surface area contributed by atoms with Gasteiger partial charge in [0.1, 0.15) is 6.04 Å². The van der Waals surface area contributed by atoms with Crippen molar-refractivity contribution >= 4 is 11.8 Å². The Morgan fingerprint density at radius 2 is 1.76 bits per heavy atom. The summed E-state index contributed by atoms with van der Waals surface area (Å²) in [6.45, 7) is 5.48. The van der Waals surface area contributed by atoms with Gasteiger partial charge in [0.05, 0.1) is 0 Å². The average molecular weight is 389 g/mol. The molecule has 5 heteroatoms. The number of hydrogen-bond acceptors (Lipinski definition) is 3. The molecule has 150 valence electrons. The molecule has 0 radical (unpaired) electrons. The summed E-state index contributed by atoms with van der Waals surface area (Å²) in [7, 11) is 0. The molecule has 1 aromatic carbocycles. The van der Waals surface area contributed by atoms with Crippen molar-refractivity contribution in [3.05, 3.63) is 67.0 Å². The second-order valence-electron chi connectivity index (χ2n) is 7.89. The first-order chi connectivity index (χ1) is 14.2. The Morgan fingerprint density at radius 1 is 1.07 bits per heavy atom. The van der Waals surface area contributed by atoms with Gasteiger partial charge < -0.3 is 9.80 Å². The zero-order valence-electron chi connectivity index (χ0n) is 16.7. The fraction of sp³-hybridized carbons (Fsp3) is 0.375. The first-order valence-corrected chi connectivity index (χ1v) is 10.4. The summed E-state index contributed by atoms with van der Waals surface area (Å²) in [5.41, 5.74) is 3.29. The smallest absolute Gasteiger partial charge is 0.246 e. The van der Waals surface area contributed by atoms with Gasteiger partial charge in [0.25, 0.3) is 0 Å². The molecule has 1 saturated carbocycles. The third kappa shape index (κ3) is 4.09. The summed E-state index contributed by atoms with van der Waals surface area (Å²) < 4.78 is 0. The molecule has 2 aromatic rings. The summed E-state index contributed by atoms with van der Waals surface area (Å²) in [4.78, 5) is 33.8. The topological polar surface area (TPSA) is 53.5 Å². The normalized spacial score (nSPS) is 19.7. The van der Waals surface area contributed by atoms with Crippen LogP contribution >= 0.6 is 0 Å². The highest BCUT2D eigenvalue weighted by atomic mass is 16.2. The standard InChI is InChI=1S/C24H27N3O2/c1-2-14-26-15-16-27(23(28)21-4-3-5-21)22(24(26)29)17-18-6-8-19(9-7-18)20-10-12-25-13-11-20/h2,6-13,21-22H,1,3-5,14-17H2. The SMILES string of the molecule is C=CCN1CCN(C(=O)C2CCC2)C(Cc2ccc(-c3ccncc3)cc2)C1=O. The van der Waals surface area contributed by atoms with Crippen molar-refractivity contribution in [3.63, 3.8) is 0 Å². The van der Waals surface area contributed by atoms with Crippen molar-refractivity contribution in [2.45, 2.75) is 31.7 Å². The molecule has 1 saturated heterocycles. The van der Waals surface area contributed by atoms with Crippen LogP contribution in [0.3, 0.4) is 0 Å². The molecule has 1 aliphatic heterocycles. The largest absolute Gasteiger partial charge is 0.335 e. The van der Waals surface area contributed by atoms with E-state index < -0.39 is 6.04 Å². The summed E-state index contributed by atoms with van der Waals surface area (Å²) in [6.07, 6.45) is 8.87. The minimum Gasteiger partial charge on any atom is -0.335 e. The van der Waals surface area contributed by atoms with Gasteiger partial charge in [0.15, 0.2) is 0 Å². The van der Waals surface area contributed by atoms with E-state index in [1.54, 1.807) is 18.5 Å². The predicted octanol–water partition coefficient (Wildman–Crippen LogP) is 3.32. The summed E-state index contributed by atoms with van der Waals surface area (Å²) in [5, 5.41) is 0. The Balaban J connectivity index is 1.54. The van der Waals surface area contributed by atoms with E-state index in [1.165, 1.54) is 0 Å². The molecule has 1 atom stereocenters. The molecule has 0 N–H and O–H groups in total. The molecule has 2 fully saturated rings. The quantitative estimate of drug-likeness (QED) is 0.712. The van der Waals surface area contributed by atoms with E-state index >= 15 is 0 Å². The van der Waals surface area contributed by atoms with Crippen LogP contribution in [0.4, 0.5) is 0 Å². The number of pyridine rings is 1. The minimum absolute atomic E-state index is 0.0297. The molecule has 2 aliphatic rings. The number of hydrogen-bond donors (Lipinski definition) is 0. The second kappa shape index (κ2) is 8.60. The van der Waals surface area contributed by atoms with Gasteiger partial charge in [-0.05, 0) is 41.7 Å². The van der Waals surface area contributed by atoms with Crippen LogP contribution in [0.25, 0.3) is 11.1 Å². The molecule has 5 nitrogen and oxygen atoms in total. The van der Waals surface area contributed by atoms with Gasteiger partial charge in [-0.15, -0.1) is 6.58 Å². The lowest BCUT2D eigenvalue weighted by Crippen LogP contribution is -2.60. The van der Waals surface area contributed by atoms with Crippen LogP contribution in [0.2, 0.25) is 0 Å². The molecule has 1 unspecified atom stereocenters. The van der Waals surface area contributed by atoms with Crippen LogP contribution in [0.5, 0.6) is 0 Å². The Labute approximate surface area is 172 Å². The van der Waals surface area contributed by atoms with Crippen LogP contribution in [-0.4, -0.2) is 52.3 Å². The fourth-order valence-electron chi connectivity index (χ4n) is 4.13. The first-order valence-electron chi connectivity index (χ1n) is 10.4. The van der Waals surface area contributed by atoms with E-state index in [9.17, 15) is 9.59 Å². The van der Waals surface area contributed by atoms with Gasteiger partial charge in [0.2, 0.25) is 11.8 Å². The van der Waals surface area contributed by atoms with Crippen LogP contribution in [0.15, 0.2) is 61.4 Å². The van der Waals surface area contributed by atoms with Crippen molar-refractivity contribution < 1.29 is 9.59 Å². The lowest BCUT2D eigenvalue weighted by atomic mass is 9.83. The maximum Gasteiger partial charge on any atom is 0.246 e.